The highest BCUT2D eigenvalue weighted by Crippen LogP contribution is 2.25. The predicted molar refractivity (Wildman–Crippen MR) is 78.2 cm³/mol. The van der Waals surface area contributed by atoms with Crippen molar-refractivity contribution < 1.29 is 9.18 Å². The van der Waals surface area contributed by atoms with Crippen molar-refractivity contribution in [3.05, 3.63) is 29.6 Å². The first kappa shape index (κ1) is 14.8. The number of nitrogens with one attached hydrogen (secondary N) is 2. The highest BCUT2D eigenvalue weighted by molar-refractivity contribution is 5.77. The Morgan fingerprint density at radius 1 is 1.40 bits per heavy atom. The molecule has 2 rings (SSSR count). The van der Waals surface area contributed by atoms with Crippen molar-refractivity contribution in [2.75, 3.05) is 31.1 Å². The van der Waals surface area contributed by atoms with E-state index >= 15 is 0 Å². The van der Waals surface area contributed by atoms with Crippen LogP contribution in [0.4, 0.5) is 10.1 Å². The molecule has 1 fully saturated rings. The SMILES string of the molecule is CCCNCc1cccc(F)c1N1CCNC(=O)CC1. The summed E-state index contributed by atoms with van der Waals surface area (Å²) in [7, 11) is 0. The Balaban J connectivity index is 2.17. The van der Waals surface area contributed by atoms with Gasteiger partial charge in [-0.3, -0.25) is 4.79 Å². The normalized spacial score (nSPS) is 15.9. The summed E-state index contributed by atoms with van der Waals surface area (Å²) in [6.45, 7) is 5.44. The molecule has 1 amide bonds. The van der Waals surface area contributed by atoms with Gasteiger partial charge in [-0.2, -0.15) is 0 Å². The predicted octanol–water partition coefficient (Wildman–Crippen LogP) is 1.65. The van der Waals surface area contributed by atoms with Crippen molar-refractivity contribution in [2.45, 2.75) is 26.3 Å². The second kappa shape index (κ2) is 7.24. The minimum absolute atomic E-state index is 0.0366. The summed E-state index contributed by atoms with van der Waals surface area (Å²) < 4.78 is 14.2. The van der Waals surface area contributed by atoms with Crippen molar-refractivity contribution in [1.29, 1.82) is 0 Å². The number of hydrogen-bond donors (Lipinski definition) is 2. The van der Waals surface area contributed by atoms with E-state index in [0.717, 1.165) is 18.5 Å². The molecule has 4 nitrogen and oxygen atoms in total. The number of para-hydroxylation sites is 1. The van der Waals surface area contributed by atoms with Gasteiger partial charge in [0.25, 0.3) is 0 Å². The molecule has 1 aromatic rings. The van der Waals surface area contributed by atoms with E-state index in [0.29, 0.717) is 38.3 Å². The van der Waals surface area contributed by atoms with E-state index in [2.05, 4.69) is 17.6 Å². The summed E-state index contributed by atoms with van der Waals surface area (Å²) in [6.07, 6.45) is 1.46. The van der Waals surface area contributed by atoms with Gasteiger partial charge in [-0.1, -0.05) is 19.1 Å². The smallest absolute Gasteiger partial charge is 0.221 e. The summed E-state index contributed by atoms with van der Waals surface area (Å²) in [4.78, 5) is 13.4. The Morgan fingerprint density at radius 2 is 2.25 bits per heavy atom. The van der Waals surface area contributed by atoms with Crippen LogP contribution in [0, 0.1) is 5.82 Å². The molecular weight excluding hydrogens is 257 g/mol. The molecule has 1 heterocycles. The maximum absolute atomic E-state index is 14.2. The van der Waals surface area contributed by atoms with Crippen molar-refractivity contribution >= 4 is 11.6 Å². The second-order valence-corrected chi connectivity index (χ2v) is 5.01. The van der Waals surface area contributed by atoms with Crippen LogP contribution in [-0.4, -0.2) is 32.1 Å². The van der Waals surface area contributed by atoms with Crippen LogP contribution >= 0.6 is 0 Å². The number of halogens is 1. The minimum Gasteiger partial charge on any atom is -0.367 e. The third kappa shape index (κ3) is 3.70. The third-order valence-corrected chi connectivity index (χ3v) is 3.44. The van der Waals surface area contributed by atoms with E-state index in [9.17, 15) is 9.18 Å². The maximum atomic E-state index is 14.2. The number of benzene rings is 1. The number of carbonyl (C=O) groups excluding carboxylic acids is 1. The van der Waals surface area contributed by atoms with E-state index < -0.39 is 0 Å². The Bertz CT molecular complexity index is 464. The van der Waals surface area contributed by atoms with Crippen molar-refractivity contribution in [1.82, 2.24) is 10.6 Å². The standard InChI is InChI=1S/C15H22FN3O/c1-2-7-17-11-12-4-3-5-13(16)15(12)19-9-6-14(20)18-8-10-19/h3-5,17H,2,6-11H2,1H3,(H,18,20). The molecule has 110 valence electrons. The van der Waals surface area contributed by atoms with Crippen LogP contribution in [0.2, 0.25) is 0 Å². The van der Waals surface area contributed by atoms with Crippen LogP contribution in [0.3, 0.4) is 0 Å². The highest BCUT2D eigenvalue weighted by Gasteiger charge is 2.19. The zero-order chi connectivity index (χ0) is 14.4. The monoisotopic (exact) mass is 279 g/mol. The van der Waals surface area contributed by atoms with Crippen LogP contribution in [0.25, 0.3) is 0 Å². The second-order valence-electron chi connectivity index (χ2n) is 5.01. The van der Waals surface area contributed by atoms with Gasteiger partial charge in [-0.25, -0.2) is 4.39 Å². The van der Waals surface area contributed by atoms with E-state index in [1.165, 1.54) is 6.07 Å². The Hall–Kier alpha value is -1.62. The number of carbonyl (C=O) groups is 1. The molecule has 2 N–H and O–H groups in total. The van der Waals surface area contributed by atoms with Crippen LogP contribution in [0.15, 0.2) is 18.2 Å². The van der Waals surface area contributed by atoms with Gasteiger partial charge in [0.05, 0.1) is 5.69 Å². The number of anilines is 1. The lowest BCUT2D eigenvalue weighted by atomic mass is 10.1. The number of hydrogen-bond acceptors (Lipinski definition) is 3. The molecule has 0 bridgehead atoms. The Morgan fingerprint density at radius 3 is 3.05 bits per heavy atom. The van der Waals surface area contributed by atoms with Gasteiger partial charge in [0.2, 0.25) is 5.91 Å². The maximum Gasteiger partial charge on any atom is 0.221 e. The van der Waals surface area contributed by atoms with Gasteiger partial charge in [-0.05, 0) is 24.6 Å². The van der Waals surface area contributed by atoms with Crippen LogP contribution in [-0.2, 0) is 11.3 Å². The lowest BCUT2D eigenvalue weighted by Gasteiger charge is -2.25. The fraction of sp³-hybridized carbons (Fsp3) is 0.533. The van der Waals surface area contributed by atoms with E-state index in [1.807, 2.05) is 11.0 Å². The van der Waals surface area contributed by atoms with Crippen molar-refractivity contribution in [3.8, 4) is 0 Å². The zero-order valence-electron chi connectivity index (χ0n) is 11.9. The first-order valence-corrected chi connectivity index (χ1v) is 7.22. The lowest BCUT2D eigenvalue weighted by molar-refractivity contribution is -0.120. The average molecular weight is 279 g/mol. The average Bonchev–Trinajstić information content (AvgIpc) is 2.64. The number of amides is 1. The molecule has 20 heavy (non-hydrogen) atoms. The van der Waals surface area contributed by atoms with Crippen LogP contribution in [0.5, 0.6) is 0 Å². The highest BCUT2D eigenvalue weighted by atomic mass is 19.1. The molecule has 1 aliphatic heterocycles. The van der Waals surface area contributed by atoms with E-state index in [1.54, 1.807) is 6.07 Å². The molecule has 0 spiro atoms. The molecule has 1 aliphatic rings. The van der Waals surface area contributed by atoms with Gasteiger partial charge in [0.1, 0.15) is 5.82 Å². The van der Waals surface area contributed by atoms with Gasteiger partial charge < -0.3 is 15.5 Å². The summed E-state index contributed by atoms with van der Waals surface area (Å²) in [5.74, 6) is -0.176. The third-order valence-electron chi connectivity index (χ3n) is 3.44. The quantitative estimate of drug-likeness (QED) is 0.806. The Kier molecular flexibility index (Phi) is 5.35. The summed E-state index contributed by atoms with van der Waals surface area (Å²) in [5, 5.41) is 6.12. The Labute approximate surface area is 119 Å². The van der Waals surface area contributed by atoms with Gasteiger partial charge in [0, 0.05) is 32.6 Å². The molecular formula is C15H22FN3O. The van der Waals surface area contributed by atoms with E-state index in [4.69, 9.17) is 0 Å². The minimum atomic E-state index is -0.213. The van der Waals surface area contributed by atoms with Crippen LogP contribution in [0.1, 0.15) is 25.3 Å². The molecule has 0 radical (unpaired) electrons. The van der Waals surface area contributed by atoms with Crippen molar-refractivity contribution in [2.24, 2.45) is 0 Å². The molecule has 0 aliphatic carbocycles. The fourth-order valence-electron chi connectivity index (χ4n) is 2.45. The van der Waals surface area contributed by atoms with Crippen molar-refractivity contribution in [3.63, 3.8) is 0 Å². The van der Waals surface area contributed by atoms with Gasteiger partial charge >= 0.3 is 0 Å². The molecule has 1 saturated heterocycles. The summed E-state index contributed by atoms with van der Waals surface area (Å²) in [6, 6.07) is 5.17. The fourth-order valence-corrected chi connectivity index (χ4v) is 2.45. The largest absolute Gasteiger partial charge is 0.367 e. The molecule has 0 aromatic heterocycles. The van der Waals surface area contributed by atoms with Gasteiger partial charge in [0.15, 0.2) is 0 Å². The molecule has 0 atom stereocenters. The van der Waals surface area contributed by atoms with Crippen LogP contribution < -0.4 is 15.5 Å². The van der Waals surface area contributed by atoms with E-state index in [-0.39, 0.29) is 11.7 Å². The number of nitrogens with zero attached hydrogens (tertiary/aromatic N) is 1. The number of rotatable bonds is 5. The topological polar surface area (TPSA) is 44.4 Å². The molecule has 5 heteroatoms. The first-order chi connectivity index (χ1) is 9.72. The summed E-state index contributed by atoms with van der Waals surface area (Å²) >= 11 is 0. The zero-order valence-corrected chi connectivity index (χ0v) is 11.9. The molecule has 0 saturated carbocycles. The molecule has 0 unspecified atom stereocenters. The molecule has 1 aromatic carbocycles. The lowest BCUT2D eigenvalue weighted by Crippen LogP contribution is -2.30. The summed E-state index contributed by atoms with van der Waals surface area (Å²) in [5.41, 5.74) is 1.58. The van der Waals surface area contributed by atoms with Gasteiger partial charge in [-0.15, -0.1) is 0 Å². The first-order valence-electron chi connectivity index (χ1n) is 7.22.